The SMILES string of the molecule is Cc1ccc(S(=O)(=O)N(CC(=O)Nc2ccccc2Br)Cc2ccc(F)cc2)cc1. The van der Waals surface area contributed by atoms with Gasteiger partial charge in [-0.15, -0.1) is 0 Å². The van der Waals surface area contributed by atoms with Gasteiger partial charge in [-0.1, -0.05) is 42.0 Å². The zero-order valence-corrected chi connectivity index (χ0v) is 18.6. The van der Waals surface area contributed by atoms with E-state index in [1.807, 2.05) is 13.0 Å². The third-order valence-corrected chi connectivity index (χ3v) is 6.90. The summed E-state index contributed by atoms with van der Waals surface area (Å²) in [6.45, 7) is 1.40. The molecule has 5 nitrogen and oxygen atoms in total. The molecule has 0 spiro atoms. The summed E-state index contributed by atoms with van der Waals surface area (Å²) in [5.41, 5.74) is 2.03. The number of hydrogen-bond donors (Lipinski definition) is 1. The van der Waals surface area contributed by atoms with E-state index in [1.165, 1.54) is 36.4 Å². The molecule has 8 heteroatoms. The molecule has 3 aromatic rings. The molecule has 3 rings (SSSR count). The van der Waals surface area contributed by atoms with E-state index in [2.05, 4.69) is 21.2 Å². The highest BCUT2D eigenvalue weighted by molar-refractivity contribution is 9.10. The van der Waals surface area contributed by atoms with Crippen molar-refractivity contribution in [3.63, 3.8) is 0 Å². The van der Waals surface area contributed by atoms with Crippen molar-refractivity contribution in [2.24, 2.45) is 0 Å². The molecule has 156 valence electrons. The van der Waals surface area contributed by atoms with Gasteiger partial charge >= 0.3 is 0 Å². The second-order valence-corrected chi connectivity index (χ2v) is 9.53. The quantitative estimate of drug-likeness (QED) is 0.520. The Balaban J connectivity index is 1.88. The first-order chi connectivity index (χ1) is 14.3. The maximum atomic E-state index is 13.3. The van der Waals surface area contributed by atoms with E-state index >= 15 is 0 Å². The van der Waals surface area contributed by atoms with Crippen LogP contribution in [0.4, 0.5) is 10.1 Å². The lowest BCUT2D eigenvalue weighted by Gasteiger charge is -2.22. The molecule has 30 heavy (non-hydrogen) atoms. The van der Waals surface area contributed by atoms with Crippen molar-refractivity contribution >= 4 is 37.5 Å². The highest BCUT2D eigenvalue weighted by Crippen LogP contribution is 2.23. The van der Waals surface area contributed by atoms with Gasteiger partial charge in [0.15, 0.2) is 0 Å². The van der Waals surface area contributed by atoms with Crippen LogP contribution in [0.2, 0.25) is 0 Å². The van der Waals surface area contributed by atoms with Crippen LogP contribution in [-0.4, -0.2) is 25.2 Å². The fraction of sp³-hybridized carbons (Fsp3) is 0.136. The van der Waals surface area contributed by atoms with E-state index in [0.717, 1.165) is 9.87 Å². The third kappa shape index (κ3) is 5.53. The molecule has 0 bridgehead atoms. The Morgan fingerprint density at radius 3 is 2.27 bits per heavy atom. The van der Waals surface area contributed by atoms with Crippen molar-refractivity contribution in [2.75, 3.05) is 11.9 Å². The van der Waals surface area contributed by atoms with Crippen LogP contribution in [0, 0.1) is 12.7 Å². The zero-order valence-electron chi connectivity index (χ0n) is 16.2. The van der Waals surface area contributed by atoms with Crippen LogP contribution in [0.25, 0.3) is 0 Å². The Morgan fingerprint density at radius 2 is 1.63 bits per heavy atom. The molecule has 0 saturated carbocycles. The molecule has 1 amide bonds. The number of rotatable bonds is 7. The number of aryl methyl sites for hydroxylation is 1. The molecule has 0 aromatic heterocycles. The van der Waals surface area contributed by atoms with E-state index in [1.54, 1.807) is 30.3 Å². The minimum absolute atomic E-state index is 0.0696. The van der Waals surface area contributed by atoms with Crippen molar-refractivity contribution < 1.29 is 17.6 Å². The lowest BCUT2D eigenvalue weighted by molar-refractivity contribution is -0.116. The van der Waals surface area contributed by atoms with E-state index < -0.39 is 28.3 Å². The van der Waals surface area contributed by atoms with Crippen molar-refractivity contribution in [2.45, 2.75) is 18.4 Å². The fourth-order valence-corrected chi connectivity index (χ4v) is 4.56. The fourth-order valence-electron chi connectivity index (χ4n) is 2.79. The smallest absolute Gasteiger partial charge is 0.243 e. The average molecular weight is 491 g/mol. The summed E-state index contributed by atoms with van der Waals surface area (Å²) in [7, 11) is -3.96. The van der Waals surface area contributed by atoms with E-state index in [4.69, 9.17) is 0 Å². The van der Waals surface area contributed by atoms with Crippen LogP contribution >= 0.6 is 15.9 Å². The van der Waals surface area contributed by atoms with Gasteiger partial charge in [0.2, 0.25) is 15.9 Å². The molecular weight excluding hydrogens is 471 g/mol. The molecule has 0 aliphatic heterocycles. The number of sulfonamides is 1. The largest absolute Gasteiger partial charge is 0.324 e. The normalized spacial score (nSPS) is 11.5. The van der Waals surface area contributed by atoms with Crippen LogP contribution in [0.5, 0.6) is 0 Å². The molecule has 0 radical (unpaired) electrons. The monoisotopic (exact) mass is 490 g/mol. The number of para-hydroxylation sites is 1. The van der Waals surface area contributed by atoms with E-state index in [9.17, 15) is 17.6 Å². The topological polar surface area (TPSA) is 66.5 Å². The Kier molecular flexibility index (Phi) is 7.02. The Hall–Kier alpha value is -2.55. The zero-order chi connectivity index (χ0) is 21.7. The Bertz CT molecular complexity index is 1130. The van der Waals surface area contributed by atoms with Gasteiger partial charge in [0.25, 0.3) is 0 Å². The number of carbonyl (C=O) groups excluding carboxylic acids is 1. The van der Waals surface area contributed by atoms with Gasteiger partial charge < -0.3 is 5.32 Å². The van der Waals surface area contributed by atoms with Crippen LogP contribution in [0.3, 0.4) is 0 Å². The summed E-state index contributed by atoms with van der Waals surface area (Å²) in [6, 6.07) is 19.0. The van der Waals surface area contributed by atoms with Crippen molar-refractivity contribution in [1.29, 1.82) is 0 Å². The average Bonchev–Trinajstić information content (AvgIpc) is 2.71. The number of amides is 1. The van der Waals surface area contributed by atoms with Crippen LogP contribution in [-0.2, 0) is 21.4 Å². The standard InChI is InChI=1S/C22H20BrFN2O3S/c1-16-6-12-19(13-7-16)30(28,29)26(14-17-8-10-18(24)11-9-17)15-22(27)25-21-5-3-2-4-20(21)23/h2-13H,14-15H2,1H3,(H,25,27). The van der Waals surface area contributed by atoms with Crippen LogP contribution in [0.1, 0.15) is 11.1 Å². The second kappa shape index (κ2) is 9.51. The van der Waals surface area contributed by atoms with Crippen LogP contribution in [0.15, 0.2) is 82.2 Å². The highest BCUT2D eigenvalue weighted by atomic mass is 79.9. The molecule has 0 saturated heterocycles. The summed E-state index contributed by atoms with van der Waals surface area (Å²) in [4.78, 5) is 12.7. The maximum Gasteiger partial charge on any atom is 0.243 e. The lowest BCUT2D eigenvalue weighted by Crippen LogP contribution is -2.37. The molecule has 0 heterocycles. The van der Waals surface area contributed by atoms with Gasteiger partial charge in [0.05, 0.1) is 17.1 Å². The van der Waals surface area contributed by atoms with E-state index in [0.29, 0.717) is 15.7 Å². The number of benzene rings is 3. The Morgan fingerprint density at radius 1 is 1.00 bits per heavy atom. The second-order valence-electron chi connectivity index (χ2n) is 6.74. The molecule has 0 atom stereocenters. The minimum atomic E-state index is -3.96. The lowest BCUT2D eigenvalue weighted by atomic mass is 10.2. The first-order valence-electron chi connectivity index (χ1n) is 9.11. The molecule has 0 aliphatic rings. The first kappa shape index (κ1) is 22.1. The summed E-state index contributed by atoms with van der Waals surface area (Å²) >= 11 is 3.35. The van der Waals surface area contributed by atoms with Gasteiger partial charge in [-0.05, 0) is 64.8 Å². The first-order valence-corrected chi connectivity index (χ1v) is 11.3. The van der Waals surface area contributed by atoms with E-state index in [-0.39, 0.29) is 11.4 Å². The predicted molar refractivity (Wildman–Crippen MR) is 118 cm³/mol. The molecule has 3 aromatic carbocycles. The summed E-state index contributed by atoms with van der Waals surface area (Å²) in [5.74, 6) is -0.905. The highest BCUT2D eigenvalue weighted by Gasteiger charge is 2.27. The number of hydrogen-bond acceptors (Lipinski definition) is 3. The van der Waals surface area contributed by atoms with Crippen molar-refractivity contribution in [3.05, 3.63) is 94.2 Å². The third-order valence-electron chi connectivity index (χ3n) is 4.40. The number of anilines is 1. The van der Waals surface area contributed by atoms with Crippen molar-refractivity contribution in [3.8, 4) is 0 Å². The summed E-state index contributed by atoms with van der Waals surface area (Å²) in [6.07, 6.45) is 0. The number of nitrogens with zero attached hydrogens (tertiary/aromatic N) is 1. The van der Waals surface area contributed by atoms with Crippen LogP contribution < -0.4 is 5.32 Å². The number of carbonyl (C=O) groups is 1. The van der Waals surface area contributed by atoms with Gasteiger partial charge in [-0.2, -0.15) is 4.31 Å². The molecule has 0 unspecified atom stereocenters. The predicted octanol–water partition coefficient (Wildman–Crippen LogP) is 4.73. The molecule has 0 aliphatic carbocycles. The molecular formula is C22H20BrFN2O3S. The molecule has 0 fully saturated rings. The Labute approximate surface area is 183 Å². The van der Waals surface area contributed by atoms with Crippen molar-refractivity contribution in [1.82, 2.24) is 4.31 Å². The number of nitrogens with one attached hydrogen (secondary N) is 1. The summed E-state index contributed by atoms with van der Waals surface area (Å²) in [5, 5.41) is 2.72. The molecule has 1 N–H and O–H groups in total. The minimum Gasteiger partial charge on any atom is -0.324 e. The van der Waals surface area contributed by atoms with Gasteiger partial charge in [0.1, 0.15) is 5.82 Å². The maximum absolute atomic E-state index is 13.3. The van der Waals surface area contributed by atoms with Gasteiger partial charge in [-0.25, -0.2) is 12.8 Å². The van der Waals surface area contributed by atoms with Gasteiger partial charge in [-0.3, -0.25) is 4.79 Å². The number of halogens is 2. The van der Waals surface area contributed by atoms with Gasteiger partial charge in [0, 0.05) is 11.0 Å². The summed E-state index contributed by atoms with van der Waals surface area (Å²) < 4.78 is 41.5.